The van der Waals surface area contributed by atoms with E-state index in [0.717, 1.165) is 37.2 Å². The molecular formula is C19H21F3N2O2S. The second-order valence-electron chi connectivity index (χ2n) is 6.63. The first-order chi connectivity index (χ1) is 12.7. The number of sulfonamides is 1. The number of benzene rings is 2. The fourth-order valence-corrected chi connectivity index (χ4v) is 4.51. The van der Waals surface area contributed by atoms with Gasteiger partial charge < -0.3 is 4.90 Å². The van der Waals surface area contributed by atoms with E-state index in [2.05, 4.69) is 9.62 Å². The lowest BCUT2D eigenvalue weighted by Crippen LogP contribution is -2.40. The Morgan fingerprint density at radius 2 is 1.81 bits per heavy atom. The molecule has 0 aromatic heterocycles. The van der Waals surface area contributed by atoms with Crippen LogP contribution in [0.3, 0.4) is 0 Å². The van der Waals surface area contributed by atoms with Crippen molar-refractivity contribution in [3.8, 4) is 0 Å². The summed E-state index contributed by atoms with van der Waals surface area (Å²) in [6, 6.07) is 14.2. The second-order valence-corrected chi connectivity index (χ2v) is 8.44. The molecule has 1 aliphatic heterocycles. The zero-order valence-electron chi connectivity index (χ0n) is 14.6. The molecule has 2 aromatic carbocycles. The summed E-state index contributed by atoms with van der Waals surface area (Å²) < 4.78 is 65.6. The van der Waals surface area contributed by atoms with Crippen molar-refractivity contribution in [2.45, 2.75) is 30.8 Å². The Morgan fingerprint density at radius 3 is 2.52 bits per heavy atom. The molecule has 0 aliphatic carbocycles. The molecule has 4 nitrogen and oxygen atoms in total. The maximum atomic E-state index is 12.8. The average molecular weight is 398 g/mol. The number of anilines is 1. The normalized spacial score (nSPS) is 18.0. The molecule has 0 spiro atoms. The number of nitrogens with zero attached hydrogens (tertiary/aromatic N) is 1. The first-order valence-corrected chi connectivity index (χ1v) is 10.3. The fourth-order valence-electron chi connectivity index (χ4n) is 3.34. The summed E-state index contributed by atoms with van der Waals surface area (Å²) in [6.07, 6.45) is -2.66. The molecule has 2 aromatic rings. The number of halogens is 3. The number of nitrogens with one attached hydrogen (secondary N) is 1. The summed E-state index contributed by atoms with van der Waals surface area (Å²) in [5.41, 5.74) is 0.307. The third kappa shape index (κ3) is 5.23. The van der Waals surface area contributed by atoms with Crippen molar-refractivity contribution < 1.29 is 21.6 Å². The average Bonchev–Trinajstić information content (AvgIpc) is 3.09. The Labute approximate surface area is 157 Å². The number of hydrogen-bond acceptors (Lipinski definition) is 3. The highest BCUT2D eigenvalue weighted by Crippen LogP contribution is 2.30. The van der Waals surface area contributed by atoms with Gasteiger partial charge in [0.1, 0.15) is 0 Å². The van der Waals surface area contributed by atoms with Crippen LogP contribution in [0.1, 0.15) is 24.0 Å². The predicted octanol–water partition coefficient (Wildman–Crippen LogP) is 3.79. The minimum atomic E-state index is -4.49. The summed E-state index contributed by atoms with van der Waals surface area (Å²) in [5.74, 6) is -0.477. The number of rotatable bonds is 6. The molecule has 1 atom stereocenters. The Bertz CT molecular complexity index is 870. The fraction of sp³-hybridized carbons (Fsp3) is 0.368. The van der Waals surface area contributed by atoms with Crippen molar-refractivity contribution in [3.63, 3.8) is 0 Å². The molecule has 8 heteroatoms. The zero-order valence-corrected chi connectivity index (χ0v) is 15.4. The molecule has 1 heterocycles. The van der Waals surface area contributed by atoms with Crippen LogP contribution in [0.4, 0.5) is 18.9 Å². The minimum absolute atomic E-state index is 0.0312. The monoisotopic (exact) mass is 398 g/mol. The van der Waals surface area contributed by atoms with Gasteiger partial charge in [-0.25, -0.2) is 13.1 Å². The third-order valence-electron chi connectivity index (χ3n) is 4.61. The van der Waals surface area contributed by atoms with Crippen LogP contribution in [0.25, 0.3) is 0 Å². The maximum Gasteiger partial charge on any atom is 0.416 e. The lowest BCUT2D eigenvalue weighted by atomic mass is 10.1. The molecule has 27 heavy (non-hydrogen) atoms. The van der Waals surface area contributed by atoms with E-state index in [-0.39, 0.29) is 18.2 Å². The van der Waals surface area contributed by atoms with Crippen LogP contribution in [0.15, 0.2) is 54.6 Å². The molecule has 1 N–H and O–H groups in total. The zero-order chi connectivity index (χ0) is 19.5. The summed E-state index contributed by atoms with van der Waals surface area (Å²) >= 11 is 0. The van der Waals surface area contributed by atoms with Gasteiger partial charge in [-0.05, 0) is 36.6 Å². The smallest absolute Gasteiger partial charge is 0.367 e. The quantitative estimate of drug-likeness (QED) is 0.805. The topological polar surface area (TPSA) is 49.4 Å². The van der Waals surface area contributed by atoms with Crippen molar-refractivity contribution in [2.75, 3.05) is 18.0 Å². The molecule has 0 bridgehead atoms. The Morgan fingerprint density at radius 1 is 1.07 bits per heavy atom. The second kappa shape index (κ2) is 7.90. The van der Waals surface area contributed by atoms with Gasteiger partial charge in [0, 0.05) is 24.8 Å². The SMILES string of the molecule is O=S(=O)(Cc1cccc(C(F)(F)F)c1)NCC1CCCN1c1ccccc1. The van der Waals surface area contributed by atoms with Crippen LogP contribution in [0.5, 0.6) is 0 Å². The lowest BCUT2D eigenvalue weighted by molar-refractivity contribution is -0.137. The molecule has 0 radical (unpaired) electrons. The van der Waals surface area contributed by atoms with Gasteiger partial charge in [-0.1, -0.05) is 36.4 Å². The van der Waals surface area contributed by atoms with Crippen LogP contribution in [0, 0.1) is 0 Å². The first-order valence-electron chi connectivity index (χ1n) is 8.70. The van der Waals surface area contributed by atoms with Crippen molar-refractivity contribution >= 4 is 15.7 Å². The summed E-state index contributed by atoms with van der Waals surface area (Å²) in [7, 11) is -3.73. The molecule has 1 unspecified atom stereocenters. The Kier molecular flexibility index (Phi) is 5.76. The van der Waals surface area contributed by atoms with E-state index in [4.69, 9.17) is 0 Å². The highest BCUT2D eigenvalue weighted by atomic mass is 32.2. The van der Waals surface area contributed by atoms with Gasteiger partial charge in [0.25, 0.3) is 0 Å². The predicted molar refractivity (Wildman–Crippen MR) is 98.9 cm³/mol. The molecule has 1 fully saturated rings. The number of hydrogen-bond donors (Lipinski definition) is 1. The van der Waals surface area contributed by atoms with Crippen LogP contribution in [-0.4, -0.2) is 27.5 Å². The number of alkyl halides is 3. The Balaban J connectivity index is 1.63. The molecule has 0 amide bonds. The highest BCUT2D eigenvalue weighted by molar-refractivity contribution is 7.88. The van der Waals surface area contributed by atoms with Gasteiger partial charge in [0.05, 0.1) is 11.3 Å². The number of para-hydroxylation sites is 1. The van der Waals surface area contributed by atoms with E-state index in [1.807, 2.05) is 30.3 Å². The highest BCUT2D eigenvalue weighted by Gasteiger charge is 2.31. The van der Waals surface area contributed by atoms with Crippen LogP contribution < -0.4 is 9.62 Å². The first kappa shape index (κ1) is 19.7. The molecule has 1 saturated heterocycles. The maximum absolute atomic E-state index is 12.8. The minimum Gasteiger partial charge on any atom is -0.367 e. The standard InChI is InChI=1S/C19H21F3N2O2S/c20-19(21,22)16-7-4-6-15(12-16)14-27(25,26)23-13-18-10-5-11-24(18)17-8-2-1-3-9-17/h1-4,6-9,12,18,23H,5,10-11,13-14H2. The van der Waals surface area contributed by atoms with Crippen LogP contribution in [-0.2, 0) is 22.0 Å². The molecule has 3 rings (SSSR count). The van der Waals surface area contributed by atoms with E-state index < -0.39 is 27.5 Å². The van der Waals surface area contributed by atoms with Crippen LogP contribution >= 0.6 is 0 Å². The van der Waals surface area contributed by atoms with E-state index in [9.17, 15) is 21.6 Å². The molecular weight excluding hydrogens is 377 g/mol. The summed E-state index contributed by atoms with van der Waals surface area (Å²) in [6.45, 7) is 1.08. The van der Waals surface area contributed by atoms with E-state index >= 15 is 0 Å². The molecule has 1 aliphatic rings. The third-order valence-corrected chi connectivity index (χ3v) is 5.93. The van der Waals surface area contributed by atoms with Crippen molar-refractivity contribution in [1.82, 2.24) is 4.72 Å². The van der Waals surface area contributed by atoms with Gasteiger partial charge in [-0.2, -0.15) is 13.2 Å². The molecule has 146 valence electrons. The van der Waals surface area contributed by atoms with E-state index in [1.165, 1.54) is 12.1 Å². The summed E-state index contributed by atoms with van der Waals surface area (Å²) in [5, 5.41) is 0. The van der Waals surface area contributed by atoms with Gasteiger partial charge in [0.15, 0.2) is 0 Å². The summed E-state index contributed by atoms with van der Waals surface area (Å²) in [4.78, 5) is 2.16. The van der Waals surface area contributed by atoms with Crippen molar-refractivity contribution in [2.24, 2.45) is 0 Å². The van der Waals surface area contributed by atoms with Crippen molar-refractivity contribution in [1.29, 1.82) is 0 Å². The molecule has 0 saturated carbocycles. The van der Waals surface area contributed by atoms with E-state index in [0.29, 0.717) is 0 Å². The van der Waals surface area contributed by atoms with E-state index in [1.54, 1.807) is 0 Å². The van der Waals surface area contributed by atoms with Gasteiger partial charge in [-0.3, -0.25) is 0 Å². The van der Waals surface area contributed by atoms with Crippen LogP contribution in [0.2, 0.25) is 0 Å². The van der Waals surface area contributed by atoms with Gasteiger partial charge >= 0.3 is 6.18 Å². The van der Waals surface area contributed by atoms with Crippen molar-refractivity contribution in [3.05, 3.63) is 65.7 Å². The van der Waals surface area contributed by atoms with Gasteiger partial charge in [-0.15, -0.1) is 0 Å². The Hall–Kier alpha value is -2.06. The largest absolute Gasteiger partial charge is 0.416 e. The van der Waals surface area contributed by atoms with Gasteiger partial charge in [0.2, 0.25) is 10.0 Å². The lowest BCUT2D eigenvalue weighted by Gasteiger charge is -2.27.